The van der Waals surface area contributed by atoms with Crippen LogP contribution in [0, 0.1) is 0 Å². The average Bonchev–Trinajstić information content (AvgIpc) is 2.99. The summed E-state index contributed by atoms with van der Waals surface area (Å²) in [5.74, 6) is -3.64. The summed E-state index contributed by atoms with van der Waals surface area (Å²) in [7, 11) is 2.33. The van der Waals surface area contributed by atoms with Crippen LogP contribution in [-0.2, 0) is 43.5 Å². The highest BCUT2D eigenvalue weighted by molar-refractivity contribution is 6.16. The molecule has 0 saturated carbocycles. The van der Waals surface area contributed by atoms with Gasteiger partial charge in [0.15, 0.2) is 5.41 Å². The van der Waals surface area contributed by atoms with Crippen LogP contribution in [0.25, 0.3) is 0 Å². The van der Waals surface area contributed by atoms with E-state index in [0.29, 0.717) is 5.69 Å². The van der Waals surface area contributed by atoms with Crippen LogP contribution in [0.2, 0.25) is 0 Å². The van der Waals surface area contributed by atoms with Crippen molar-refractivity contribution in [3.8, 4) is 0 Å². The molecule has 0 saturated heterocycles. The van der Waals surface area contributed by atoms with Crippen molar-refractivity contribution in [2.45, 2.75) is 38.7 Å². The molecule has 1 atom stereocenters. The number of hydrogen-bond donors (Lipinski definition) is 1. The zero-order chi connectivity index (χ0) is 24.7. The summed E-state index contributed by atoms with van der Waals surface area (Å²) < 4.78 is 20.7. The van der Waals surface area contributed by atoms with Crippen molar-refractivity contribution >= 4 is 29.6 Å². The molecule has 1 aromatic carbocycles. The minimum absolute atomic E-state index is 0.0281. The SMILES string of the molecule is COC(=O)CN1C(N)=C(C(=O)OC)C2(C(=O)OC(C)=C2C(=O)OC(C)(C)C)c2ccccc21. The van der Waals surface area contributed by atoms with E-state index in [-0.39, 0.29) is 34.8 Å². The molecule has 2 aliphatic heterocycles. The molecule has 0 bridgehead atoms. The van der Waals surface area contributed by atoms with Gasteiger partial charge in [-0.15, -0.1) is 0 Å². The maximum Gasteiger partial charge on any atom is 0.339 e. The monoisotopic (exact) mass is 458 g/mol. The third-order valence-electron chi connectivity index (χ3n) is 5.31. The minimum atomic E-state index is -2.05. The molecule has 1 spiro atoms. The van der Waals surface area contributed by atoms with Gasteiger partial charge in [0.2, 0.25) is 0 Å². The predicted molar refractivity (Wildman–Crippen MR) is 115 cm³/mol. The van der Waals surface area contributed by atoms with E-state index < -0.39 is 34.9 Å². The number of esters is 4. The van der Waals surface area contributed by atoms with E-state index >= 15 is 0 Å². The van der Waals surface area contributed by atoms with Gasteiger partial charge in [0.1, 0.15) is 34.9 Å². The van der Waals surface area contributed by atoms with Gasteiger partial charge in [-0.25, -0.2) is 14.4 Å². The van der Waals surface area contributed by atoms with Gasteiger partial charge in [0.05, 0.1) is 14.2 Å². The molecular formula is C23H26N2O8. The number of benzene rings is 1. The van der Waals surface area contributed by atoms with Crippen LogP contribution in [-0.4, -0.2) is 50.2 Å². The van der Waals surface area contributed by atoms with E-state index in [4.69, 9.17) is 24.7 Å². The maximum atomic E-state index is 13.5. The number of rotatable bonds is 4. The number of nitrogens with two attached hydrogens (primary N) is 1. The van der Waals surface area contributed by atoms with Gasteiger partial charge in [0, 0.05) is 11.3 Å². The van der Waals surface area contributed by atoms with Crippen molar-refractivity contribution in [2.75, 3.05) is 25.7 Å². The van der Waals surface area contributed by atoms with Crippen molar-refractivity contribution in [1.82, 2.24) is 0 Å². The molecular weight excluding hydrogens is 432 g/mol. The third kappa shape index (κ3) is 3.71. The van der Waals surface area contributed by atoms with Crippen LogP contribution < -0.4 is 10.6 Å². The van der Waals surface area contributed by atoms with Gasteiger partial charge in [-0.3, -0.25) is 4.79 Å². The van der Waals surface area contributed by atoms with E-state index in [0.717, 1.165) is 7.11 Å². The molecule has 1 unspecified atom stereocenters. The Labute approximate surface area is 190 Å². The molecule has 2 N–H and O–H groups in total. The Morgan fingerprint density at radius 3 is 2.27 bits per heavy atom. The summed E-state index contributed by atoms with van der Waals surface area (Å²) in [6.45, 7) is 6.09. The molecule has 10 nitrogen and oxygen atoms in total. The molecule has 10 heteroatoms. The third-order valence-corrected chi connectivity index (χ3v) is 5.31. The Bertz CT molecular complexity index is 1110. The number of carbonyl (C=O) groups excluding carboxylic acids is 4. The van der Waals surface area contributed by atoms with E-state index in [1.54, 1.807) is 45.0 Å². The smallest absolute Gasteiger partial charge is 0.339 e. The largest absolute Gasteiger partial charge is 0.468 e. The Morgan fingerprint density at radius 2 is 1.70 bits per heavy atom. The lowest BCUT2D eigenvalue weighted by Crippen LogP contribution is -2.51. The molecule has 2 aliphatic rings. The average molecular weight is 458 g/mol. The molecule has 0 amide bonds. The highest BCUT2D eigenvalue weighted by Crippen LogP contribution is 2.54. The van der Waals surface area contributed by atoms with E-state index in [2.05, 4.69) is 0 Å². The van der Waals surface area contributed by atoms with Gasteiger partial charge in [0.25, 0.3) is 0 Å². The highest BCUT2D eigenvalue weighted by atomic mass is 16.6. The molecule has 2 heterocycles. The van der Waals surface area contributed by atoms with Crippen LogP contribution in [0.5, 0.6) is 0 Å². The Balaban J connectivity index is 2.41. The summed E-state index contributed by atoms with van der Waals surface area (Å²) in [6, 6.07) is 6.45. The van der Waals surface area contributed by atoms with Gasteiger partial charge in [-0.1, -0.05) is 18.2 Å². The first-order valence-corrected chi connectivity index (χ1v) is 10.1. The highest BCUT2D eigenvalue weighted by Gasteiger charge is 2.63. The molecule has 176 valence electrons. The van der Waals surface area contributed by atoms with Crippen LogP contribution in [0.4, 0.5) is 5.69 Å². The number of ether oxygens (including phenoxy) is 4. The van der Waals surface area contributed by atoms with Crippen molar-refractivity contribution in [3.63, 3.8) is 0 Å². The summed E-state index contributed by atoms with van der Waals surface area (Å²) in [5.41, 5.74) is 3.43. The standard InChI is InChI=1S/C23H26N2O8/c1-12-16(20(28)33-22(2,3)4)23(21(29)32-12)13-9-7-8-10-14(13)25(11-15(26)30-5)18(24)17(23)19(27)31-6/h7-10H,11,24H2,1-6H3. The Hall–Kier alpha value is -3.82. The number of allylic oxidation sites excluding steroid dienone is 1. The number of nitrogens with zero attached hydrogens (tertiary/aromatic N) is 1. The number of carbonyl (C=O) groups is 4. The zero-order valence-electron chi connectivity index (χ0n) is 19.3. The summed E-state index contributed by atoms with van der Waals surface area (Å²) in [6.07, 6.45) is 0. The van der Waals surface area contributed by atoms with Crippen molar-refractivity contribution in [1.29, 1.82) is 0 Å². The van der Waals surface area contributed by atoms with Crippen molar-refractivity contribution < 1.29 is 38.1 Å². The first-order valence-electron chi connectivity index (χ1n) is 10.1. The van der Waals surface area contributed by atoms with Crippen molar-refractivity contribution in [2.24, 2.45) is 5.73 Å². The van der Waals surface area contributed by atoms with E-state index in [1.807, 2.05) is 0 Å². The molecule has 0 radical (unpaired) electrons. The van der Waals surface area contributed by atoms with Gasteiger partial charge in [-0.2, -0.15) is 0 Å². The fourth-order valence-electron chi connectivity index (χ4n) is 4.07. The lowest BCUT2D eigenvalue weighted by atomic mass is 9.66. The molecule has 1 aromatic rings. The minimum Gasteiger partial charge on any atom is -0.468 e. The number of anilines is 1. The second-order valence-electron chi connectivity index (χ2n) is 8.50. The lowest BCUT2D eigenvalue weighted by molar-refractivity contribution is -0.152. The summed E-state index contributed by atoms with van der Waals surface area (Å²) in [4.78, 5) is 53.3. The van der Waals surface area contributed by atoms with Gasteiger partial charge >= 0.3 is 23.9 Å². The summed E-state index contributed by atoms with van der Waals surface area (Å²) in [5, 5.41) is 0. The Morgan fingerprint density at radius 1 is 1.06 bits per heavy atom. The maximum absolute atomic E-state index is 13.5. The molecule has 3 rings (SSSR count). The second kappa shape index (κ2) is 8.27. The molecule has 0 fully saturated rings. The van der Waals surface area contributed by atoms with Crippen LogP contribution in [0.15, 0.2) is 47.0 Å². The predicted octanol–water partition coefficient (Wildman–Crippen LogP) is 1.43. The number of para-hydroxylation sites is 1. The van der Waals surface area contributed by atoms with Crippen molar-refractivity contribution in [3.05, 3.63) is 52.6 Å². The lowest BCUT2D eigenvalue weighted by Gasteiger charge is -2.41. The fraction of sp³-hybridized carbons (Fsp3) is 0.391. The van der Waals surface area contributed by atoms with Gasteiger partial charge in [-0.05, 0) is 33.8 Å². The Kier molecular flexibility index (Phi) is 5.97. The molecule has 0 aromatic heterocycles. The second-order valence-corrected chi connectivity index (χ2v) is 8.50. The van der Waals surface area contributed by atoms with Crippen LogP contribution in [0.3, 0.4) is 0 Å². The van der Waals surface area contributed by atoms with Gasteiger partial charge < -0.3 is 29.6 Å². The quantitative estimate of drug-likeness (QED) is 0.521. The van der Waals surface area contributed by atoms with Crippen LogP contribution >= 0.6 is 0 Å². The first kappa shape index (κ1) is 23.8. The number of methoxy groups -OCH3 is 2. The number of cyclic esters (lactones) is 1. The number of hydrogen-bond acceptors (Lipinski definition) is 10. The molecule has 33 heavy (non-hydrogen) atoms. The number of fused-ring (bicyclic) bond motifs is 2. The van der Waals surface area contributed by atoms with E-state index in [9.17, 15) is 19.2 Å². The van der Waals surface area contributed by atoms with Crippen LogP contribution in [0.1, 0.15) is 33.3 Å². The zero-order valence-corrected chi connectivity index (χ0v) is 19.3. The topological polar surface area (TPSA) is 134 Å². The fourth-order valence-corrected chi connectivity index (χ4v) is 4.07. The first-order chi connectivity index (χ1) is 15.4. The summed E-state index contributed by atoms with van der Waals surface area (Å²) >= 11 is 0. The normalized spacial score (nSPS) is 19.9. The van der Waals surface area contributed by atoms with E-state index in [1.165, 1.54) is 18.9 Å². The molecule has 0 aliphatic carbocycles.